The molecule has 26 valence electrons. The Hall–Kier alpha value is 0.500. The van der Waals surface area contributed by atoms with Crippen molar-refractivity contribution < 1.29 is 2.82 Å². The van der Waals surface area contributed by atoms with Gasteiger partial charge in [0.25, 0.3) is 0 Å². The number of halogens is 2. The molecule has 0 amide bonds. The maximum atomic E-state index is 6.19. The average Bonchev–Trinajstić information content (AvgIpc) is 1.36. The van der Waals surface area contributed by atoms with Gasteiger partial charge in [-0.05, 0) is 0 Å². The fourth-order valence-corrected chi connectivity index (χ4v) is 0. The summed E-state index contributed by atoms with van der Waals surface area (Å²) in [6, 6.07) is 0. The SMILES string of the molecule is [2H]N([2H])N(Cl)Cl. The van der Waals surface area contributed by atoms with Gasteiger partial charge >= 0.3 is 0 Å². The van der Waals surface area contributed by atoms with Crippen LogP contribution in [0.3, 0.4) is 0 Å². The maximum Gasteiger partial charge on any atom is 0.140 e. The van der Waals surface area contributed by atoms with Crippen LogP contribution in [0.1, 0.15) is 0 Å². The fourth-order valence-electron chi connectivity index (χ4n) is 0. The lowest BCUT2D eigenvalue weighted by molar-refractivity contribution is 0.774. The molecule has 4 heteroatoms. The Kier molecular flexibility index (Phi) is 0.814. The molecular weight excluding hydrogens is 98.9 g/mol. The van der Waals surface area contributed by atoms with Crippen molar-refractivity contribution in [3.8, 4) is 0 Å². The van der Waals surface area contributed by atoms with Gasteiger partial charge in [0.1, 0.15) is 2.82 Å². The molecule has 0 fully saturated rings. The van der Waals surface area contributed by atoms with Crippen LogP contribution in [0.5, 0.6) is 0 Å². The second-order valence-electron chi connectivity index (χ2n) is 0.215. The molecule has 0 heterocycles. The summed E-state index contributed by atoms with van der Waals surface area (Å²) < 4.78 is 12.7. The molecule has 4 heavy (non-hydrogen) atoms. The third-order valence-corrected chi connectivity index (χ3v) is 0. The first kappa shape index (κ1) is 1.82. The van der Waals surface area contributed by atoms with E-state index in [1.165, 1.54) is 0 Å². The van der Waals surface area contributed by atoms with Crippen LogP contribution < -0.4 is 5.83 Å². The van der Waals surface area contributed by atoms with E-state index < -0.39 is 0 Å². The van der Waals surface area contributed by atoms with Crippen LogP contribution in [-0.4, -0.2) is 4.05 Å². The van der Waals surface area contributed by atoms with E-state index in [1.807, 2.05) is 0 Å². The van der Waals surface area contributed by atoms with E-state index in [0.717, 1.165) is 0 Å². The van der Waals surface area contributed by atoms with Gasteiger partial charge in [0, 0.05) is 23.6 Å². The van der Waals surface area contributed by atoms with Gasteiger partial charge in [0.05, 0.1) is 0 Å². The summed E-state index contributed by atoms with van der Waals surface area (Å²) in [5.41, 5.74) is 0. The number of hydrogen-bond donors (Lipinski definition) is 1. The van der Waals surface area contributed by atoms with Crippen molar-refractivity contribution in [1.29, 1.82) is 0 Å². The largest absolute Gasteiger partial charge is 0.239 e. The molecule has 0 radical (unpaired) electrons. The van der Waals surface area contributed by atoms with Gasteiger partial charge in [-0.25, -0.2) is 5.83 Å². The summed E-state index contributed by atoms with van der Waals surface area (Å²) in [4.78, 5) is 0. The van der Waals surface area contributed by atoms with Crippen LogP contribution in [0.15, 0.2) is 0 Å². The lowest BCUT2D eigenvalue weighted by atomic mass is 13.0. The summed E-state index contributed by atoms with van der Waals surface area (Å²) in [6.07, 6.45) is 0. The summed E-state index contributed by atoms with van der Waals surface area (Å²) in [7, 11) is 0. The molecule has 0 bridgehead atoms. The van der Waals surface area contributed by atoms with E-state index in [0.29, 0.717) is 0 Å². The molecule has 0 aromatic rings. The van der Waals surface area contributed by atoms with Gasteiger partial charge in [0.15, 0.2) is 0 Å². The van der Waals surface area contributed by atoms with Crippen molar-refractivity contribution in [3.63, 3.8) is 0 Å². The van der Waals surface area contributed by atoms with Crippen molar-refractivity contribution in [1.82, 2.24) is 4.05 Å². The Morgan fingerprint density at radius 2 is 2.25 bits per heavy atom. The topological polar surface area (TPSA) is 29.3 Å². The number of nitrogens with zero attached hydrogens (tertiary/aromatic N) is 1. The van der Waals surface area contributed by atoms with Crippen molar-refractivity contribution in [2.24, 2.45) is 5.83 Å². The van der Waals surface area contributed by atoms with Gasteiger partial charge in [0.2, 0.25) is 0 Å². The van der Waals surface area contributed by atoms with Crippen LogP contribution in [0.25, 0.3) is 0 Å². The van der Waals surface area contributed by atoms with Gasteiger partial charge in [-0.3, -0.25) is 0 Å². The number of nitrogens with two attached hydrogens (primary N) is 1. The molecule has 0 aromatic heterocycles. The molecule has 0 aliphatic carbocycles. The molecule has 2 N–H and O–H groups in total. The first-order valence-electron chi connectivity index (χ1n) is 1.43. The number of rotatable bonds is 1. The minimum Gasteiger partial charge on any atom is -0.239 e. The first-order chi connectivity index (χ1) is 2.64. The van der Waals surface area contributed by atoms with Gasteiger partial charge < -0.3 is 0 Å². The van der Waals surface area contributed by atoms with Gasteiger partial charge in [-0.15, -0.1) is 0 Å². The molecule has 0 saturated heterocycles. The summed E-state index contributed by atoms with van der Waals surface area (Å²) in [5, 5.41) is 0. The highest BCUT2D eigenvalue weighted by molar-refractivity contribution is 6.33. The minimum atomic E-state index is 0.0309. The lowest BCUT2D eigenvalue weighted by Crippen LogP contribution is -2.04. The summed E-state index contributed by atoms with van der Waals surface area (Å²) in [6.45, 7) is 0. The second kappa shape index (κ2) is 1.79. The first-order valence-corrected chi connectivity index (χ1v) is 1.21. The van der Waals surface area contributed by atoms with E-state index in [4.69, 9.17) is 26.4 Å². The zero-order valence-corrected chi connectivity index (χ0v) is 3.16. The van der Waals surface area contributed by atoms with Crippen molar-refractivity contribution in [2.45, 2.75) is 0 Å². The average molecular weight is 103 g/mol. The Morgan fingerprint density at radius 1 is 2.00 bits per heavy atom. The maximum absolute atomic E-state index is 6.19. The smallest absolute Gasteiger partial charge is 0.140 e. The Balaban J connectivity index is 2.99. The van der Waals surface area contributed by atoms with Crippen LogP contribution in [0.2, 0.25) is 2.82 Å². The molecular formula is H2Cl2N2. The van der Waals surface area contributed by atoms with Crippen molar-refractivity contribution in [2.75, 3.05) is 0 Å². The molecule has 2 nitrogen and oxygen atoms in total. The summed E-state index contributed by atoms with van der Waals surface area (Å²) in [5.74, 6) is 0.0309. The fraction of sp³-hybridized carbons (Fsp3) is 0. The quantitative estimate of drug-likeness (QED) is 0.297. The van der Waals surface area contributed by atoms with Crippen LogP contribution in [0.4, 0.5) is 0 Å². The lowest BCUT2D eigenvalue weighted by Gasteiger charge is -1.80. The van der Waals surface area contributed by atoms with E-state index >= 15 is 0 Å². The van der Waals surface area contributed by atoms with E-state index in [2.05, 4.69) is 0 Å². The third-order valence-electron chi connectivity index (χ3n) is 0. The second-order valence-corrected chi connectivity index (χ2v) is 1.03. The Morgan fingerprint density at radius 3 is 2.25 bits per heavy atom. The standard InChI is InChI=1S/Cl2H2N2/c1-4(2)3/h3H2/i/hD2. The molecule has 0 aromatic carbocycles. The molecule has 0 rings (SSSR count). The molecule has 0 atom stereocenters. The molecule has 0 unspecified atom stereocenters. The van der Waals surface area contributed by atoms with E-state index in [9.17, 15) is 0 Å². The molecule has 0 spiro atoms. The highest BCUT2D eigenvalue weighted by Crippen LogP contribution is 1.81. The Bertz CT molecular complexity index is 30.5. The highest BCUT2D eigenvalue weighted by Gasteiger charge is 1.67. The van der Waals surface area contributed by atoms with E-state index in [-0.39, 0.29) is 9.88 Å². The third kappa shape index (κ3) is 22.5. The molecule has 0 aliphatic rings. The highest BCUT2D eigenvalue weighted by atomic mass is 35.5. The molecule has 0 saturated carbocycles. The zero-order valence-electron chi connectivity index (χ0n) is 3.65. The van der Waals surface area contributed by atoms with E-state index in [1.54, 1.807) is 0 Å². The predicted octanol–water partition coefficient (Wildman–Crippen LogP) is 0.470. The van der Waals surface area contributed by atoms with Crippen LogP contribution in [-0.2, 0) is 0 Å². The number of hydrazine groups is 1. The van der Waals surface area contributed by atoms with Gasteiger partial charge in [-0.2, -0.15) is 0 Å². The van der Waals surface area contributed by atoms with Crippen molar-refractivity contribution in [3.05, 3.63) is 0 Å². The van der Waals surface area contributed by atoms with Gasteiger partial charge in [-0.1, -0.05) is 4.05 Å². The zero-order chi connectivity index (χ0) is 5.15. The minimum absolute atomic E-state index is 0.0309. The molecule has 0 aliphatic heterocycles. The summed E-state index contributed by atoms with van der Waals surface area (Å²) >= 11 is 9.52. The predicted molar refractivity (Wildman–Crippen MR) is 17.7 cm³/mol. The van der Waals surface area contributed by atoms with Crippen molar-refractivity contribution >= 4 is 23.6 Å². The van der Waals surface area contributed by atoms with Crippen LogP contribution in [0, 0.1) is 0 Å². The van der Waals surface area contributed by atoms with Crippen LogP contribution >= 0.6 is 23.6 Å². The normalized spacial score (nSPS) is 17.0. The number of hydrogen-bond acceptors (Lipinski definition) is 2. The Labute approximate surface area is 37.2 Å². The monoisotopic (exact) mass is 102 g/mol.